The van der Waals surface area contributed by atoms with Crippen molar-refractivity contribution in [3.8, 4) is 0 Å². The molecular weight excluding hydrogens is 348 g/mol. The minimum atomic E-state index is -0.226. The van der Waals surface area contributed by atoms with Gasteiger partial charge in [0.2, 0.25) is 5.13 Å². The predicted octanol–water partition coefficient (Wildman–Crippen LogP) is 1.98. The summed E-state index contributed by atoms with van der Waals surface area (Å²) in [5.74, 6) is 0.129. The maximum atomic E-state index is 12.2. The van der Waals surface area contributed by atoms with E-state index in [2.05, 4.69) is 15.5 Å². The molecule has 0 bridgehead atoms. The number of nitrogens with zero attached hydrogens (tertiary/aromatic N) is 3. The van der Waals surface area contributed by atoms with Crippen molar-refractivity contribution in [2.24, 2.45) is 0 Å². The van der Waals surface area contributed by atoms with E-state index < -0.39 is 0 Å². The summed E-state index contributed by atoms with van der Waals surface area (Å²) >= 11 is 2.92. The molecule has 9 heteroatoms. The molecule has 126 valence electrons. The third kappa shape index (κ3) is 3.58. The second-order valence-corrected chi connectivity index (χ2v) is 7.27. The van der Waals surface area contributed by atoms with E-state index in [0.717, 1.165) is 9.47 Å². The van der Waals surface area contributed by atoms with Crippen LogP contribution in [0.3, 0.4) is 0 Å². The van der Waals surface area contributed by atoms with Crippen LogP contribution in [-0.2, 0) is 4.74 Å². The fraction of sp³-hybridized carbons (Fsp3) is 0.333. The van der Waals surface area contributed by atoms with Crippen LogP contribution in [-0.4, -0.2) is 59.5 Å². The van der Waals surface area contributed by atoms with Crippen molar-refractivity contribution in [1.82, 2.24) is 15.1 Å². The number of rotatable bonds is 8. The van der Waals surface area contributed by atoms with Crippen molar-refractivity contribution in [3.63, 3.8) is 0 Å². The predicted molar refractivity (Wildman–Crippen MR) is 92.8 cm³/mol. The number of thioether (sulfide) groups is 1. The number of ether oxygens (including phenoxy) is 1. The highest BCUT2D eigenvalue weighted by Gasteiger charge is 2.34. The summed E-state index contributed by atoms with van der Waals surface area (Å²) < 4.78 is 5.76. The Hall–Kier alpha value is -1.97. The molecular formula is C15H16N4O3S2. The van der Waals surface area contributed by atoms with Crippen molar-refractivity contribution in [3.05, 3.63) is 35.4 Å². The first kappa shape index (κ1) is 16.9. The minimum absolute atomic E-state index is 0.226. The Morgan fingerprint density at radius 3 is 2.58 bits per heavy atom. The van der Waals surface area contributed by atoms with Crippen molar-refractivity contribution in [1.29, 1.82) is 0 Å². The van der Waals surface area contributed by atoms with E-state index in [1.807, 2.05) is 0 Å². The van der Waals surface area contributed by atoms with Crippen LogP contribution in [0.4, 0.5) is 5.13 Å². The summed E-state index contributed by atoms with van der Waals surface area (Å²) in [6, 6.07) is 6.90. The van der Waals surface area contributed by atoms with Crippen LogP contribution in [0.2, 0.25) is 0 Å². The van der Waals surface area contributed by atoms with E-state index in [4.69, 9.17) is 4.74 Å². The Bertz CT molecular complexity index is 715. The van der Waals surface area contributed by atoms with E-state index in [9.17, 15) is 9.59 Å². The van der Waals surface area contributed by atoms with Gasteiger partial charge in [-0.15, -0.1) is 10.2 Å². The molecule has 24 heavy (non-hydrogen) atoms. The number of hydrogen-bond acceptors (Lipinski definition) is 8. The normalized spacial score (nSPS) is 13.5. The van der Waals surface area contributed by atoms with Gasteiger partial charge in [0.15, 0.2) is 4.34 Å². The van der Waals surface area contributed by atoms with Gasteiger partial charge >= 0.3 is 0 Å². The lowest BCUT2D eigenvalue weighted by molar-refractivity contribution is 0.0664. The lowest BCUT2D eigenvalue weighted by Gasteiger charge is -2.12. The molecule has 7 nitrogen and oxygen atoms in total. The quantitative estimate of drug-likeness (QED) is 0.435. The van der Waals surface area contributed by atoms with Crippen molar-refractivity contribution < 1.29 is 14.3 Å². The third-order valence-electron chi connectivity index (χ3n) is 3.41. The fourth-order valence-electron chi connectivity index (χ4n) is 2.27. The summed E-state index contributed by atoms with van der Waals surface area (Å²) in [7, 11) is 1.64. The molecule has 0 atom stereocenters. The van der Waals surface area contributed by atoms with Gasteiger partial charge in [-0.25, -0.2) is 0 Å². The number of fused-ring (bicyclic) bond motifs is 1. The van der Waals surface area contributed by atoms with E-state index >= 15 is 0 Å². The maximum Gasteiger partial charge on any atom is 0.261 e. The number of nitrogens with one attached hydrogen (secondary N) is 1. The lowest BCUT2D eigenvalue weighted by atomic mass is 10.1. The number of carbonyl (C=O) groups is 2. The largest absolute Gasteiger partial charge is 0.383 e. The number of anilines is 1. The summed E-state index contributed by atoms with van der Waals surface area (Å²) in [6.45, 7) is 1.62. The molecule has 3 rings (SSSR count). The van der Waals surface area contributed by atoms with Crippen LogP contribution in [0.1, 0.15) is 20.7 Å². The average molecular weight is 364 g/mol. The highest BCUT2D eigenvalue weighted by molar-refractivity contribution is 8.01. The Labute approximate surface area is 147 Å². The fourth-order valence-corrected chi connectivity index (χ4v) is 4.04. The Balaban J connectivity index is 1.51. The summed E-state index contributed by atoms with van der Waals surface area (Å²) in [5.41, 5.74) is 0.959. The van der Waals surface area contributed by atoms with Crippen molar-refractivity contribution >= 4 is 40.0 Å². The first-order valence-electron chi connectivity index (χ1n) is 7.35. The van der Waals surface area contributed by atoms with E-state index in [1.165, 1.54) is 28.0 Å². The van der Waals surface area contributed by atoms with Crippen molar-refractivity contribution in [2.75, 3.05) is 37.9 Å². The highest BCUT2D eigenvalue weighted by atomic mass is 32.2. The molecule has 1 N–H and O–H groups in total. The van der Waals surface area contributed by atoms with Gasteiger partial charge in [-0.2, -0.15) is 0 Å². The van der Waals surface area contributed by atoms with Crippen molar-refractivity contribution in [2.45, 2.75) is 4.34 Å². The van der Waals surface area contributed by atoms with Gasteiger partial charge in [0, 0.05) is 26.0 Å². The number of carbonyl (C=O) groups excluding carboxylic acids is 2. The molecule has 1 aromatic heterocycles. The molecule has 1 aromatic carbocycles. The molecule has 2 aromatic rings. The molecule has 0 spiro atoms. The van der Waals surface area contributed by atoms with Crippen LogP contribution >= 0.6 is 23.1 Å². The van der Waals surface area contributed by atoms with Gasteiger partial charge in [-0.1, -0.05) is 35.2 Å². The van der Waals surface area contributed by atoms with Crippen LogP contribution in [0.15, 0.2) is 28.6 Å². The first-order valence-corrected chi connectivity index (χ1v) is 9.15. The number of imide groups is 1. The SMILES string of the molecule is COCCNc1nnc(SCCN2C(=O)c3ccccc3C2=O)s1. The number of hydrogen-bond donors (Lipinski definition) is 1. The zero-order chi connectivity index (χ0) is 16.9. The second-order valence-electron chi connectivity index (χ2n) is 4.95. The molecule has 2 amide bonds. The summed E-state index contributed by atoms with van der Waals surface area (Å²) in [5, 5.41) is 12.0. The minimum Gasteiger partial charge on any atom is -0.383 e. The maximum absolute atomic E-state index is 12.2. The number of amides is 2. The zero-order valence-electron chi connectivity index (χ0n) is 13.0. The molecule has 0 radical (unpaired) electrons. The van der Waals surface area contributed by atoms with Gasteiger partial charge in [-0.3, -0.25) is 14.5 Å². The standard InChI is InChI=1S/C15H16N4O3S2/c1-22-8-6-16-14-17-18-15(24-14)23-9-7-19-12(20)10-4-2-3-5-11(10)13(19)21/h2-5H,6-9H2,1H3,(H,16,17). The topological polar surface area (TPSA) is 84.4 Å². The second kappa shape index (κ2) is 7.73. The first-order chi connectivity index (χ1) is 11.7. The lowest BCUT2D eigenvalue weighted by Crippen LogP contribution is -2.31. The highest BCUT2D eigenvalue weighted by Crippen LogP contribution is 2.27. The summed E-state index contributed by atoms with van der Waals surface area (Å²) in [4.78, 5) is 25.8. The molecule has 0 unspecified atom stereocenters. The molecule has 0 aliphatic carbocycles. The zero-order valence-corrected chi connectivity index (χ0v) is 14.7. The van der Waals surface area contributed by atoms with Crippen LogP contribution in [0.5, 0.6) is 0 Å². The van der Waals surface area contributed by atoms with E-state index in [1.54, 1.807) is 31.4 Å². The Morgan fingerprint density at radius 1 is 1.21 bits per heavy atom. The van der Waals surface area contributed by atoms with Crippen LogP contribution in [0, 0.1) is 0 Å². The number of methoxy groups -OCH3 is 1. The molecule has 1 aliphatic heterocycles. The third-order valence-corrected chi connectivity index (χ3v) is 5.40. The van der Waals surface area contributed by atoms with E-state index in [-0.39, 0.29) is 11.8 Å². The average Bonchev–Trinajstić information content (AvgIpc) is 3.14. The van der Waals surface area contributed by atoms with Gasteiger partial charge in [0.25, 0.3) is 11.8 Å². The summed E-state index contributed by atoms with van der Waals surface area (Å²) in [6.07, 6.45) is 0. The van der Waals surface area contributed by atoms with Gasteiger partial charge in [0.1, 0.15) is 0 Å². The molecule has 0 saturated heterocycles. The molecule has 1 aliphatic rings. The van der Waals surface area contributed by atoms with Gasteiger partial charge < -0.3 is 10.1 Å². The Kier molecular flexibility index (Phi) is 5.44. The van der Waals surface area contributed by atoms with Gasteiger partial charge in [0.05, 0.1) is 17.7 Å². The monoisotopic (exact) mass is 364 g/mol. The number of benzene rings is 1. The molecule has 2 heterocycles. The van der Waals surface area contributed by atoms with Crippen LogP contribution in [0.25, 0.3) is 0 Å². The van der Waals surface area contributed by atoms with Gasteiger partial charge in [-0.05, 0) is 12.1 Å². The molecule has 0 saturated carbocycles. The van der Waals surface area contributed by atoms with E-state index in [0.29, 0.717) is 36.6 Å². The Morgan fingerprint density at radius 2 is 1.92 bits per heavy atom. The molecule has 0 fully saturated rings. The van der Waals surface area contributed by atoms with Crippen LogP contribution < -0.4 is 5.32 Å². The smallest absolute Gasteiger partial charge is 0.261 e. The number of aromatic nitrogens is 2.